The van der Waals surface area contributed by atoms with Gasteiger partial charge in [0.1, 0.15) is 0 Å². The summed E-state index contributed by atoms with van der Waals surface area (Å²) in [5.74, 6) is 0.724. The normalized spacial score (nSPS) is 17.0. The van der Waals surface area contributed by atoms with Crippen molar-refractivity contribution in [1.29, 1.82) is 0 Å². The zero-order valence-corrected chi connectivity index (χ0v) is 15.0. The third-order valence-corrected chi connectivity index (χ3v) is 4.33. The van der Waals surface area contributed by atoms with Crippen LogP contribution in [-0.2, 0) is 11.3 Å². The molecule has 4 heteroatoms. The van der Waals surface area contributed by atoms with Crippen molar-refractivity contribution < 1.29 is 4.79 Å². The lowest BCUT2D eigenvalue weighted by Crippen LogP contribution is -2.49. The van der Waals surface area contributed by atoms with Crippen molar-refractivity contribution >= 4 is 5.91 Å². The first kappa shape index (κ1) is 18.0. The molecule has 0 radical (unpaired) electrons. The van der Waals surface area contributed by atoms with Crippen LogP contribution in [0.25, 0.3) is 0 Å². The summed E-state index contributed by atoms with van der Waals surface area (Å²) in [5, 5.41) is 2.96. The fourth-order valence-electron chi connectivity index (χ4n) is 2.94. The molecular weight excluding hydrogens is 286 g/mol. The molecule has 4 nitrogen and oxygen atoms in total. The number of benzene rings is 1. The van der Waals surface area contributed by atoms with Crippen LogP contribution in [0.5, 0.6) is 0 Å². The minimum atomic E-state index is 0.137. The average Bonchev–Trinajstić information content (AvgIpc) is 2.49. The minimum Gasteiger partial charge on any atom is -0.353 e. The fourth-order valence-corrected chi connectivity index (χ4v) is 2.94. The number of piperazine rings is 1. The molecule has 0 atom stereocenters. The highest BCUT2D eigenvalue weighted by Gasteiger charge is 2.19. The van der Waals surface area contributed by atoms with Crippen LogP contribution in [0.3, 0.4) is 0 Å². The largest absolute Gasteiger partial charge is 0.353 e. The van der Waals surface area contributed by atoms with Gasteiger partial charge in [-0.25, -0.2) is 0 Å². The smallest absolute Gasteiger partial charge is 0.234 e. The van der Waals surface area contributed by atoms with Crippen molar-refractivity contribution in [3.63, 3.8) is 0 Å². The number of hydrogen-bond acceptors (Lipinski definition) is 3. The van der Waals surface area contributed by atoms with Gasteiger partial charge in [0, 0.05) is 38.8 Å². The molecule has 1 N–H and O–H groups in total. The van der Waals surface area contributed by atoms with E-state index >= 15 is 0 Å². The van der Waals surface area contributed by atoms with E-state index in [-0.39, 0.29) is 11.9 Å². The average molecular weight is 317 g/mol. The van der Waals surface area contributed by atoms with E-state index in [0.29, 0.717) is 12.5 Å². The lowest BCUT2D eigenvalue weighted by molar-refractivity contribution is -0.123. The van der Waals surface area contributed by atoms with Gasteiger partial charge in [-0.2, -0.15) is 0 Å². The standard InChI is InChI=1S/C19H31N3O/c1-15(2)18-7-5-17(6-8-18)13-21-9-11-22(12-10-21)14-19(23)20-16(3)4/h5-8,15-16H,9-14H2,1-4H3,(H,20,23). The summed E-state index contributed by atoms with van der Waals surface area (Å²) in [6.45, 7) is 14.0. The Morgan fingerprint density at radius 3 is 2.09 bits per heavy atom. The van der Waals surface area contributed by atoms with Gasteiger partial charge in [-0.1, -0.05) is 38.1 Å². The number of nitrogens with one attached hydrogen (secondary N) is 1. The van der Waals surface area contributed by atoms with Crippen LogP contribution < -0.4 is 5.32 Å². The highest BCUT2D eigenvalue weighted by Crippen LogP contribution is 2.16. The lowest BCUT2D eigenvalue weighted by atomic mass is 10.0. The van der Waals surface area contributed by atoms with Crippen LogP contribution in [0.1, 0.15) is 44.7 Å². The Morgan fingerprint density at radius 1 is 1.00 bits per heavy atom. The van der Waals surface area contributed by atoms with Crippen LogP contribution >= 0.6 is 0 Å². The number of hydrogen-bond donors (Lipinski definition) is 1. The summed E-state index contributed by atoms with van der Waals surface area (Å²) in [7, 11) is 0. The molecule has 128 valence electrons. The molecule has 1 aromatic rings. The van der Waals surface area contributed by atoms with Crippen LogP contribution in [-0.4, -0.2) is 54.5 Å². The predicted molar refractivity (Wildman–Crippen MR) is 95.5 cm³/mol. The molecule has 1 saturated heterocycles. The molecule has 1 fully saturated rings. The monoisotopic (exact) mass is 317 g/mol. The van der Waals surface area contributed by atoms with E-state index in [1.807, 2.05) is 13.8 Å². The maximum Gasteiger partial charge on any atom is 0.234 e. The Labute approximate surface area is 140 Å². The summed E-state index contributed by atoms with van der Waals surface area (Å²) in [4.78, 5) is 16.5. The zero-order valence-electron chi connectivity index (χ0n) is 15.0. The van der Waals surface area contributed by atoms with Crippen LogP contribution in [0.2, 0.25) is 0 Å². The highest BCUT2D eigenvalue weighted by molar-refractivity contribution is 5.78. The van der Waals surface area contributed by atoms with Gasteiger partial charge in [0.15, 0.2) is 0 Å². The van der Waals surface area contributed by atoms with Gasteiger partial charge in [-0.3, -0.25) is 14.6 Å². The van der Waals surface area contributed by atoms with Crippen LogP contribution in [0.4, 0.5) is 0 Å². The first-order valence-electron chi connectivity index (χ1n) is 8.77. The van der Waals surface area contributed by atoms with Gasteiger partial charge in [0.25, 0.3) is 0 Å². The second kappa shape index (κ2) is 8.46. The second-order valence-electron chi connectivity index (χ2n) is 7.17. The maximum absolute atomic E-state index is 11.8. The molecule has 0 bridgehead atoms. The Balaban J connectivity index is 1.75. The number of nitrogens with zero attached hydrogens (tertiary/aromatic N) is 2. The quantitative estimate of drug-likeness (QED) is 0.875. The number of rotatable bonds is 6. The van der Waals surface area contributed by atoms with Crippen molar-refractivity contribution in [2.24, 2.45) is 0 Å². The number of carbonyl (C=O) groups is 1. The summed E-state index contributed by atoms with van der Waals surface area (Å²) in [6.07, 6.45) is 0. The van der Waals surface area contributed by atoms with Gasteiger partial charge in [-0.15, -0.1) is 0 Å². The first-order valence-corrected chi connectivity index (χ1v) is 8.77. The molecule has 1 heterocycles. The van der Waals surface area contributed by atoms with E-state index in [1.54, 1.807) is 0 Å². The molecule has 1 aliphatic rings. The molecule has 1 aliphatic heterocycles. The molecule has 0 aromatic heterocycles. The highest BCUT2D eigenvalue weighted by atomic mass is 16.2. The van der Waals surface area contributed by atoms with Gasteiger partial charge in [-0.05, 0) is 30.9 Å². The lowest BCUT2D eigenvalue weighted by Gasteiger charge is -2.34. The SMILES string of the molecule is CC(C)NC(=O)CN1CCN(Cc2ccc(C(C)C)cc2)CC1. The summed E-state index contributed by atoms with van der Waals surface area (Å²) < 4.78 is 0. The van der Waals surface area contributed by atoms with Crippen molar-refractivity contribution in [3.8, 4) is 0 Å². The Kier molecular flexibility index (Phi) is 6.60. The third-order valence-electron chi connectivity index (χ3n) is 4.33. The molecule has 0 aliphatic carbocycles. The molecule has 0 unspecified atom stereocenters. The second-order valence-corrected chi connectivity index (χ2v) is 7.17. The van der Waals surface area contributed by atoms with Gasteiger partial charge in [0.2, 0.25) is 5.91 Å². The molecule has 2 rings (SSSR count). The van der Waals surface area contributed by atoms with Crippen molar-refractivity contribution in [1.82, 2.24) is 15.1 Å². The van der Waals surface area contributed by atoms with E-state index < -0.39 is 0 Å². The minimum absolute atomic E-state index is 0.137. The molecule has 0 saturated carbocycles. The summed E-state index contributed by atoms with van der Waals surface area (Å²) >= 11 is 0. The molecule has 23 heavy (non-hydrogen) atoms. The third kappa shape index (κ3) is 5.96. The fraction of sp³-hybridized carbons (Fsp3) is 0.632. The van der Waals surface area contributed by atoms with Gasteiger partial charge in [0.05, 0.1) is 6.54 Å². The van der Waals surface area contributed by atoms with E-state index in [2.05, 4.69) is 53.2 Å². The van der Waals surface area contributed by atoms with E-state index in [0.717, 1.165) is 32.7 Å². The summed E-state index contributed by atoms with van der Waals surface area (Å²) in [6, 6.07) is 9.20. The number of amides is 1. The van der Waals surface area contributed by atoms with Crippen LogP contribution in [0, 0.1) is 0 Å². The topological polar surface area (TPSA) is 35.6 Å². The molecular formula is C19H31N3O. The number of carbonyl (C=O) groups excluding carboxylic acids is 1. The van der Waals surface area contributed by atoms with Crippen molar-refractivity contribution in [3.05, 3.63) is 35.4 Å². The summed E-state index contributed by atoms with van der Waals surface area (Å²) in [5.41, 5.74) is 2.77. The zero-order chi connectivity index (χ0) is 16.8. The van der Waals surface area contributed by atoms with Crippen molar-refractivity contribution in [2.45, 2.75) is 46.2 Å². The predicted octanol–water partition coefficient (Wildman–Crippen LogP) is 2.45. The van der Waals surface area contributed by atoms with E-state index in [1.165, 1.54) is 11.1 Å². The Hall–Kier alpha value is -1.39. The first-order chi connectivity index (χ1) is 10.9. The maximum atomic E-state index is 11.8. The van der Waals surface area contributed by atoms with Gasteiger partial charge < -0.3 is 5.32 Å². The molecule has 1 amide bonds. The van der Waals surface area contributed by atoms with E-state index in [4.69, 9.17) is 0 Å². The van der Waals surface area contributed by atoms with Crippen LogP contribution in [0.15, 0.2) is 24.3 Å². The van der Waals surface area contributed by atoms with Crippen molar-refractivity contribution in [2.75, 3.05) is 32.7 Å². The molecule has 0 spiro atoms. The van der Waals surface area contributed by atoms with Gasteiger partial charge >= 0.3 is 0 Å². The van der Waals surface area contributed by atoms with E-state index in [9.17, 15) is 4.79 Å². The Bertz CT molecular complexity index is 488. The molecule has 1 aromatic carbocycles. The Morgan fingerprint density at radius 2 is 1.57 bits per heavy atom.